The summed E-state index contributed by atoms with van der Waals surface area (Å²) in [5.74, 6) is 0.416. The maximum atomic E-state index is 13.0. The van der Waals surface area contributed by atoms with Gasteiger partial charge in [-0.2, -0.15) is 0 Å². The van der Waals surface area contributed by atoms with Crippen molar-refractivity contribution >= 4 is 5.69 Å². The molecule has 1 spiro atoms. The molecule has 0 aromatic heterocycles. The number of anilines is 1. The van der Waals surface area contributed by atoms with Gasteiger partial charge >= 0.3 is 0 Å². The second kappa shape index (κ2) is 3.12. The fourth-order valence-electron chi connectivity index (χ4n) is 2.32. The van der Waals surface area contributed by atoms with E-state index in [0.717, 1.165) is 18.8 Å². The van der Waals surface area contributed by atoms with Crippen molar-refractivity contribution in [1.29, 1.82) is 0 Å². The topological polar surface area (TPSA) is 21.3 Å². The molecule has 1 aliphatic heterocycles. The van der Waals surface area contributed by atoms with Gasteiger partial charge in [-0.15, -0.1) is 0 Å². The molecule has 1 aromatic carbocycles. The molecule has 1 heterocycles. The molecular weight excluding hydrogens is 193 g/mol. The fraction of sp³-hybridized carbons (Fsp3) is 0.500. The molecule has 0 saturated heterocycles. The first-order chi connectivity index (χ1) is 7.27. The van der Waals surface area contributed by atoms with Crippen molar-refractivity contribution in [2.75, 3.05) is 18.5 Å². The lowest BCUT2D eigenvalue weighted by molar-refractivity contribution is 0.0764. The Morgan fingerprint density at radius 1 is 1.33 bits per heavy atom. The summed E-state index contributed by atoms with van der Waals surface area (Å²) in [5.41, 5.74) is 1.22. The predicted octanol–water partition coefficient (Wildman–Crippen LogP) is 2.80. The van der Waals surface area contributed by atoms with Crippen LogP contribution in [0.5, 0.6) is 5.75 Å². The van der Waals surface area contributed by atoms with Crippen LogP contribution in [0.4, 0.5) is 10.1 Å². The summed E-state index contributed by atoms with van der Waals surface area (Å²) >= 11 is 0. The van der Waals surface area contributed by atoms with E-state index in [1.807, 2.05) is 0 Å². The van der Waals surface area contributed by atoms with Gasteiger partial charge in [0, 0.05) is 18.0 Å². The Morgan fingerprint density at radius 3 is 2.93 bits per heavy atom. The first-order valence-corrected chi connectivity index (χ1v) is 5.44. The van der Waals surface area contributed by atoms with Crippen molar-refractivity contribution in [2.45, 2.75) is 19.3 Å². The molecule has 2 aliphatic rings. The van der Waals surface area contributed by atoms with Crippen molar-refractivity contribution < 1.29 is 9.13 Å². The average Bonchev–Trinajstić information content (AvgIpc) is 2.36. The minimum absolute atomic E-state index is 0.236. The number of hydrogen-bond acceptors (Lipinski definition) is 2. The monoisotopic (exact) mass is 207 g/mol. The van der Waals surface area contributed by atoms with Crippen LogP contribution in [-0.2, 0) is 0 Å². The summed E-state index contributed by atoms with van der Waals surface area (Å²) in [6.07, 6.45) is 3.72. The molecule has 1 aromatic rings. The molecule has 1 fully saturated rings. The zero-order valence-corrected chi connectivity index (χ0v) is 8.55. The van der Waals surface area contributed by atoms with E-state index in [1.54, 1.807) is 6.07 Å². The molecular formula is C12H14FNO. The van der Waals surface area contributed by atoms with Gasteiger partial charge in [-0.25, -0.2) is 4.39 Å². The van der Waals surface area contributed by atoms with Gasteiger partial charge < -0.3 is 10.1 Å². The van der Waals surface area contributed by atoms with Crippen LogP contribution >= 0.6 is 0 Å². The predicted molar refractivity (Wildman–Crippen MR) is 56.7 cm³/mol. The van der Waals surface area contributed by atoms with Crippen molar-refractivity contribution in [2.24, 2.45) is 5.41 Å². The highest BCUT2D eigenvalue weighted by molar-refractivity contribution is 5.57. The number of rotatable bonds is 0. The lowest BCUT2D eigenvalue weighted by Crippen LogP contribution is -2.40. The summed E-state index contributed by atoms with van der Waals surface area (Å²) < 4.78 is 18.7. The summed E-state index contributed by atoms with van der Waals surface area (Å²) in [6.45, 7) is 1.67. The third kappa shape index (κ3) is 1.46. The third-order valence-corrected chi connectivity index (χ3v) is 3.55. The molecule has 0 bridgehead atoms. The van der Waals surface area contributed by atoms with Crippen LogP contribution in [0.1, 0.15) is 19.3 Å². The molecule has 0 amide bonds. The summed E-state index contributed by atoms with van der Waals surface area (Å²) in [5, 5.41) is 3.35. The zero-order chi connectivity index (χ0) is 10.3. The van der Waals surface area contributed by atoms with Crippen molar-refractivity contribution in [3.8, 4) is 5.75 Å². The maximum Gasteiger partial charge on any atom is 0.145 e. The van der Waals surface area contributed by atoms with Crippen molar-refractivity contribution in [1.82, 2.24) is 0 Å². The van der Waals surface area contributed by atoms with E-state index in [1.165, 1.54) is 31.4 Å². The standard InChI is InChI=1S/C12H14FNO/c13-9-2-3-10-11(6-9)15-8-12(7-14-10)4-1-5-12/h2-3,6,14H,1,4-5,7-8H2. The van der Waals surface area contributed by atoms with E-state index < -0.39 is 0 Å². The summed E-state index contributed by atoms with van der Waals surface area (Å²) in [4.78, 5) is 0. The fourth-order valence-corrected chi connectivity index (χ4v) is 2.32. The molecule has 0 atom stereocenters. The number of nitrogens with one attached hydrogen (secondary N) is 1. The Balaban J connectivity index is 1.88. The van der Waals surface area contributed by atoms with E-state index in [0.29, 0.717) is 11.2 Å². The highest BCUT2D eigenvalue weighted by Gasteiger charge is 2.39. The van der Waals surface area contributed by atoms with Crippen LogP contribution in [0.15, 0.2) is 18.2 Å². The van der Waals surface area contributed by atoms with Crippen molar-refractivity contribution in [3.63, 3.8) is 0 Å². The Morgan fingerprint density at radius 2 is 2.20 bits per heavy atom. The second-order valence-electron chi connectivity index (χ2n) is 4.64. The van der Waals surface area contributed by atoms with Gasteiger partial charge in [-0.05, 0) is 25.0 Å². The van der Waals surface area contributed by atoms with Crippen molar-refractivity contribution in [3.05, 3.63) is 24.0 Å². The number of ether oxygens (including phenoxy) is 1. The smallest absolute Gasteiger partial charge is 0.145 e. The average molecular weight is 207 g/mol. The van der Waals surface area contributed by atoms with Gasteiger partial charge in [-0.1, -0.05) is 6.42 Å². The Bertz CT molecular complexity index is 387. The van der Waals surface area contributed by atoms with Crippen LogP contribution in [0.25, 0.3) is 0 Å². The summed E-state index contributed by atoms with van der Waals surface area (Å²) in [7, 11) is 0. The van der Waals surface area contributed by atoms with E-state index >= 15 is 0 Å². The molecule has 0 unspecified atom stereocenters. The van der Waals surface area contributed by atoms with Gasteiger partial charge in [0.2, 0.25) is 0 Å². The molecule has 1 saturated carbocycles. The quantitative estimate of drug-likeness (QED) is 0.706. The van der Waals surface area contributed by atoms with Gasteiger partial charge in [0.1, 0.15) is 11.6 Å². The Hall–Kier alpha value is -1.25. The number of halogens is 1. The minimum atomic E-state index is -0.236. The number of hydrogen-bond donors (Lipinski definition) is 1. The highest BCUT2D eigenvalue weighted by Crippen LogP contribution is 2.44. The van der Waals surface area contributed by atoms with Crippen LogP contribution in [0.3, 0.4) is 0 Å². The highest BCUT2D eigenvalue weighted by atomic mass is 19.1. The van der Waals surface area contributed by atoms with Gasteiger partial charge in [0.05, 0.1) is 12.3 Å². The maximum absolute atomic E-state index is 13.0. The molecule has 15 heavy (non-hydrogen) atoms. The van der Waals surface area contributed by atoms with E-state index in [4.69, 9.17) is 4.74 Å². The van der Waals surface area contributed by atoms with E-state index in [-0.39, 0.29) is 5.82 Å². The minimum Gasteiger partial charge on any atom is -0.491 e. The second-order valence-corrected chi connectivity index (χ2v) is 4.64. The van der Waals surface area contributed by atoms with Crippen LogP contribution < -0.4 is 10.1 Å². The van der Waals surface area contributed by atoms with E-state index in [9.17, 15) is 4.39 Å². The van der Waals surface area contributed by atoms with Gasteiger partial charge in [0.25, 0.3) is 0 Å². The van der Waals surface area contributed by atoms with E-state index in [2.05, 4.69) is 5.32 Å². The summed E-state index contributed by atoms with van der Waals surface area (Å²) in [6, 6.07) is 4.68. The normalized spacial score (nSPS) is 21.9. The van der Waals surface area contributed by atoms with Gasteiger partial charge in [-0.3, -0.25) is 0 Å². The molecule has 2 nitrogen and oxygen atoms in total. The Labute approximate surface area is 88.4 Å². The van der Waals surface area contributed by atoms with Crippen LogP contribution in [0.2, 0.25) is 0 Å². The van der Waals surface area contributed by atoms with Crippen LogP contribution in [-0.4, -0.2) is 13.2 Å². The Kier molecular flexibility index (Phi) is 1.87. The molecule has 3 heteroatoms. The zero-order valence-electron chi connectivity index (χ0n) is 8.55. The molecule has 0 radical (unpaired) electrons. The third-order valence-electron chi connectivity index (χ3n) is 3.55. The first-order valence-electron chi connectivity index (χ1n) is 5.44. The number of fused-ring (bicyclic) bond motifs is 1. The van der Waals surface area contributed by atoms with Gasteiger partial charge in [0.15, 0.2) is 0 Å². The number of benzene rings is 1. The lowest BCUT2D eigenvalue weighted by atomic mass is 9.69. The van der Waals surface area contributed by atoms with Crippen LogP contribution in [0, 0.1) is 11.2 Å². The molecule has 80 valence electrons. The molecule has 1 N–H and O–H groups in total. The lowest BCUT2D eigenvalue weighted by Gasteiger charge is -2.40. The molecule has 3 rings (SSSR count). The largest absolute Gasteiger partial charge is 0.491 e. The first kappa shape index (κ1) is 9.01. The SMILES string of the molecule is Fc1ccc2c(c1)OCC1(CCC1)CN2. The molecule has 1 aliphatic carbocycles.